The molecule has 3 heteroatoms. The first-order valence-electron chi connectivity index (χ1n) is 4.88. The van der Waals surface area contributed by atoms with Gasteiger partial charge in [-0.3, -0.25) is 0 Å². The van der Waals surface area contributed by atoms with Crippen LogP contribution in [0.4, 0.5) is 11.4 Å². The summed E-state index contributed by atoms with van der Waals surface area (Å²) >= 11 is 0. The molecule has 0 bridgehead atoms. The van der Waals surface area contributed by atoms with Crippen LogP contribution in [-0.2, 0) is 0 Å². The summed E-state index contributed by atoms with van der Waals surface area (Å²) in [6, 6.07) is 8.48. The molecule has 0 amide bonds. The number of anilines is 2. The summed E-state index contributed by atoms with van der Waals surface area (Å²) in [5.74, 6) is 0. The molecule has 0 aromatic heterocycles. The van der Waals surface area contributed by atoms with Gasteiger partial charge in [-0.05, 0) is 12.1 Å². The lowest BCUT2D eigenvalue weighted by Crippen LogP contribution is -2.47. The summed E-state index contributed by atoms with van der Waals surface area (Å²) in [4.78, 5) is 4.34. The molecular weight excluding hydrogens is 176 g/mol. The maximum absolute atomic E-state index is 9.24. The SMILES string of the molecule is CN1CC(CO)N(C)c2ccccc21. The molecule has 0 radical (unpaired) electrons. The van der Waals surface area contributed by atoms with E-state index in [2.05, 4.69) is 29.0 Å². The van der Waals surface area contributed by atoms with Crippen molar-refractivity contribution in [1.29, 1.82) is 0 Å². The first-order chi connectivity index (χ1) is 6.74. The van der Waals surface area contributed by atoms with Gasteiger partial charge in [0.2, 0.25) is 0 Å². The Balaban J connectivity index is 2.41. The minimum Gasteiger partial charge on any atom is -0.394 e. The van der Waals surface area contributed by atoms with Gasteiger partial charge >= 0.3 is 0 Å². The molecule has 1 unspecified atom stereocenters. The second kappa shape index (κ2) is 3.50. The molecule has 3 nitrogen and oxygen atoms in total. The normalized spacial score (nSPS) is 20.9. The van der Waals surface area contributed by atoms with Gasteiger partial charge in [0.05, 0.1) is 24.0 Å². The van der Waals surface area contributed by atoms with Crippen LogP contribution < -0.4 is 9.80 Å². The predicted molar refractivity (Wildman–Crippen MR) is 59.0 cm³/mol. The highest BCUT2D eigenvalue weighted by Gasteiger charge is 2.25. The van der Waals surface area contributed by atoms with Crippen molar-refractivity contribution in [3.8, 4) is 0 Å². The van der Waals surface area contributed by atoms with E-state index in [0.29, 0.717) is 0 Å². The van der Waals surface area contributed by atoms with Gasteiger partial charge < -0.3 is 14.9 Å². The number of rotatable bonds is 1. The third-order valence-corrected chi connectivity index (χ3v) is 2.92. The Morgan fingerprint density at radius 3 is 2.57 bits per heavy atom. The number of likely N-dealkylation sites (N-methyl/N-ethyl adjacent to an activating group) is 2. The Labute approximate surface area is 84.6 Å². The van der Waals surface area contributed by atoms with Crippen molar-refractivity contribution in [3.05, 3.63) is 24.3 Å². The van der Waals surface area contributed by atoms with E-state index in [1.807, 2.05) is 19.2 Å². The zero-order valence-corrected chi connectivity index (χ0v) is 8.64. The van der Waals surface area contributed by atoms with Crippen LogP contribution >= 0.6 is 0 Å². The second-order valence-corrected chi connectivity index (χ2v) is 3.82. The molecule has 1 aliphatic heterocycles. The van der Waals surface area contributed by atoms with Gasteiger partial charge in [0.15, 0.2) is 0 Å². The highest BCUT2D eigenvalue weighted by atomic mass is 16.3. The van der Waals surface area contributed by atoms with Gasteiger partial charge in [0, 0.05) is 20.6 Å². The lowest BCUT2D eigenvalue weighted by atomic mass is 10.1. The molecule has 0 aliphatic carbocycles. The van der Waals surface area contributed by atoms with Crippen molar-refractivity contribution in [2.75, 3.05) is 37.0 Å². The number of para-hydroxylation sites is 2. The van der Waals surface area contributed by atoms with Gasteiger partial charge in [0.25, 0.3) is 0 Å². The number of hydrogen-bond acceptors (Lipinski definition) is 3. The average molecular weight is 192 g/mol. The van der Waals surface area contributed by atoms with Crippen LogP contribution in [0.25, 0.3) is 0 Å². The fourth-order valence-corrected chi connectivity index (χ4v) is 2.00. The first-order valence-corrected chi connectivity index (χ1v) is 4.88. The van der Waals surface area contributed by atoms with Crippen LogP contribution in [0.2, 0.25) is 0 Å². The molecule has 1 aromatic carbocycles. The molecule has 2 rings (SSSR count). The fraction of sp³-hybridized carbons (Fsp3) is 0.455. The van der Waals surface area contributed by atoms with Gasteiger partial charge in [-0.25, -0.2) is 0 Å². The molecule has 0 saturated heterocycles. The molecule has 14 heavy (non-hydrogen) atoms. The molecule has 0 spiro atoms. The predicted octanol–water partition coefficient (Wildman–Crippen LogP) is 0.933. The van der Waals surface area contributed by atoms with E-state index < -0.39 is 0 Å². The molecular formula is C11H16N2O. The number of aliphatic hydroxyl groups excluding tert-OH is 1. The first kappa shape index (κ1) is 9.34. The Kier molecular flexibility index (Phi) is 2.33. The fourth-order valence-electron chi connectivity index (χ4n) is 2.00. The van der Waals surface area contributed by atoms with Gasteiger partial charge in [0.1, 0.15) is 0 Å². The van der Waals surface area contributed by atoms with E-state index in [0.717, 1.165) is 6.54 Å². The minimum absolute atomic E-state index is 0.204. The van der Waals surface area contributed by atoms with Crippen molar-refractivity contribution in [3.63, 3.8) is 0 Å². The van der Waals surface area contributed by atoms with Crippen LogP contribution in [0.5, 0.6) is 0 Å². The number of benzene rings is 1. The summed E-state index contributed by atoms with van der Waals surface area (Å²) in [5.41, 5.74) is 2.43. The lowest BCUT2D eigenvalue weighted by Gasteiger charge is -2.40. The van der Waals surface area contributed by atoms with Gasteiger partial charge in [-0.2, -0.15) is 0 Å². The monoisotopic (exact) mass is 192 g/mol. The van der Waals surface area contributed by atoms with Crippen LogP contribution in [0.1, 0.15) is 0 Å². The van der Waals surface area contributed by atoms with Crippen molar-refractivity contribution >= 4 is 11.4 Å². The van der Waals surface area contributed by atoms with E-state index in [1.54, 1.807) is 0 Å². The van der Waals surface area contributed by atoms with Crippen molar-refractivity contribution in [1.82, 2.24) is 0 Å². The zero-order valence-electron chi connectivity index (χ0n) is 8.64. The summed E-state index contributed by atoms with van der Waals surface area (Å²) in [7, 11) is 4.10. The molecule has 76 valence electrons. The number of nitrogens with zero attached hydrogens (tertiary/aromatic N) is 2. The van der Waals surface area contributed by atoms with E-state index in [1.165, 1.54) is 11.4 Å². The maximum atomic E-state index is 9.24. The smallest absolute Gasteiger partial charge is 0.0693 e. The highest BCUT2D eigenvalue weighted by molar-refractivity contribution is 5.73. The van der Waals surface area contributed by atoms with Gasteiger partial charge in [-0.15, -0.1) is 0 Å². The largest absolute Gasteiger partial charge is 0.394 e. The van der Waals surface area contributed by atoms with Crippen LogP contribution in [0, 0.1) is 0 Å². The minimum atomic E-state index is 0.204. The highest BCUT2D eigenvalue weighted by Crippen LogP contribution is 2.32. The van der Waals surface area contributed by atoms with Crippen molar-refractivity contribution in [2.45, 2.75) is 6.04 Å². The second-order valence-electron chi connectivity index (χ2n) is 3.82. The maximum Gasteiger partial charge on any atom is 0.0693 e. The molecule has 0 saturated carbocycles. The quantitative estimate of drug-likeness (QED) is 0.717. The topological polar surface area (TPSA) is 26.7 Å². The summed E-state index contributed by atoms with van der Waals surface area (Å²) in [5, 5.41) is 9.24. The van der Waals surface area contributed by atoms with Crippen molar-refractivity contribution < 1.29 is 5.11 Å². The van der Waals surface area contributed by atoms with Crippen LogP contribution in [0.3, 0.4) is 0 Å². The number of aliphatic hydroxyl groups is 1. The third-order valence-electron chi connectivity index (χ3n) is 2.92. The summed E-state index contributed by atoms with van der Waals surface area (Å²) < 4.78 is 0. The number of fused-ring (bicyclic) bond motifs is 1. The molecule has 1 atom stereocenters. The lowest BCUT2D eigenvalue weighted by molar-refractivity contribution is 0.262. The third kappa shape index (κ3) is 1.34. The van der Waals surface area contributed by atoms with E-state index in [4.69, 9.17) is 0 Å². The average Bonchev–Trinajstić information content (AvgIpc) is 2.23. The standard InChI is InChI=1S/C11H16N2O/c1-12-7-9(8-14)13(2)11-6-4-3-5-10(11)12/h3-6,9,14H,7-8H2,1-2H3. The molecule has 1 aliphatic rings. The summed E-state index contributed by atoms with van der Waals surface area (Å²) in [6.07, 6.45) is 0. The van der Waals surface area contributed by atoms with E-state index >= 15 is 0 Å². The molecule has 0 fully saturated rings. The van der Waals surface area contributed by atoms with Crippen molar-refractivity contribution in [2.24, 2.45) is 0 Å². The Morgan fingerprint density at radius 1 is 1.29 bits per heavy atom. The van der Waals surface area contributed by atoms with Crippen LogP contribution in [0.15, 0.2) is 24.3 Å². The summed E-state index contributed by atoms with van der Waals surface area (Å²) in [6.45, 7) is 1.08. The van der Waals surface area contributed by atoms with E-state index in [9.17, 15) is 5.11 Å². The Morgan fingerprint density at radius 2 is 1.93 bits per heavy atom. The molecule has 1 N–H and O–H groups in total. The van der Waals surface area contributed by atoms with E-state index in [-0.39, 0.29) is 12.6 Å². The molecule has 1 heterocycles. The molecule has 1 aromatic rings. The number of hydrogen-bond donors (Lipinski definition) is 1. The van der Waals surface area contributed by atoms with Gasteiger partial charge in [-0.1, -0.05) is 12.1 Å². The zero-order chi connectivity index (χ0) is 10.1. The Bertz CT molecular complexity index is 327. The van der Waals surface area contributed by atoms with Crippen LogP contribution in [-0.4, -0.2) is 38.4 Å². The Hall–Kier alpha value is -1.22.